The second-order valence-electron chi connectivity index (χ2n) is 5.04. The number of nitrogens with two attached hydrogens (primary N) is 1. The molecule has 0 heterocycles. The first kappa shape index (κ1) is 10.2. The molecule has 80 valence electrons. The molecule has 0 amide bonds. The minimum atomic E-state index is 0.832. The van der Waals surface area contributed by atoms with Crippen molar-refractivity contribution in [1.29, 1.82) is 0 Å². The molecule has 2 aliphatic rings. The van der Waals surface area contributed by atoms with Gasteiger partial charge in [-0.05, 0) is 69.2 Å². The molecule has 0 aromatic carbocycles. The second kappa shape index (κ2) is 4.97. The lowest BCUT2D eigenvalue weighted by molar-refractivity contribution is 0.221. The molecule has 1 unspecified atom stereocenters. The van der Waals surface area contributed by atoms with E-state index in [1.807, 2.05) is 0 Å². The van der Waals surface area contributed by atoms with E-state index in [0.29, 0.717) is 0 Å². The molecule has 0 aliphatic heterocycles. The van der Waals surface area contributed by atoms with Crippen LogP contribution in [0.4, 0.5) is 0 Å². The summed E-state index contributed by atoms with van der Waals surface area (Å²) in [5.74, 6) is 2.72. The number of hydrogen-bond acceptors (Lipinski definition) is 1. The van der Waals surface area contributed by atoms with Gasteiger partial charge >= 0.3 is 0 Å². The van der Waals surface area contributed by atoms with Gasteiger partial charge in [0.15, 0.2) is 0 Å². The van der Waals surface area contributed by atoms with Crippen molar-refractivity contribution in [3.63, 3.8) is 0 Å². The first-order chi connectivity index (χ1) is 6.90. The molecule has 0 saturated heterocycles. The summed E-state index contributed by atoms with van der Waals surface area (Å²) in [6.07, 6.45) is 14.7. The van der Waals surface area contributed by atoms with Gasteiger partial charge in [-0.25, -0.2) is 0 Å². The first-order valence-corrected chi connectivity index (χ1v) is 6.27. The van der Waals surface area contributed by atoms with Crippen LogP contribution >= 0.6 is 0 Å². The Morgan fingerprint density at radius 3 is 2.43 bits per heavy atom. The van der Waals surface area contributed by atoms with Gasteiger partial charge in [-0.1, -0.05) is 12.2 Å². The third-order valence-corrected chi connectivity index (χ3v) is 4.12. The van der Waals surface area contributed by atoms with Crippen molar-refractivity contribution < 1.29 is 0 Å². The van der Waals surface area contributed by atoms with Crippen LogP contribution in [0.1, 0.15) is 44.9 Å². The van der Waals surface area contributed by atoms with Crippen molar-refractivity contribution in [2.45, 2.75) is 44.9 Å². The molecule has 1 fully saturated rings. The topological polar surface area (TPSA) is 26.0 Å². The van der Waals surface area contributed by atoms with Crippen molar-refractivity contribution in [2.24, 2.45) is 23.5 Å². The predicted molar refractivity (Wildman–Crippen MR) is 61.0 cm³/mol. The molecule has 1 atom stereocenters. The van der Waals surface area contributed by atoms with Crippen LogP contribution in [0.3, 0.4) is 0 Å². The monoisotopic (exact) mass is 193 g/mol. The van der Waals surface area contributed by atoms with Crippen LogP contribution in [0.2, 0.25) is 0 Å². The molecule has 0 aromatic rings. The molecule has 14 heavy (non-hydrogen) atoms. The summed E-state index contributed by atoms with van der Waals surface area (Å²) in [5.41, 5.74) is 5.71. The highest BCUT2D eigenvalue weighted by atomic mass is 14.6. The highest BCUT2D eigenvalue weighted by Gasteiger charge is 2.25. The van der Waals surface area contributed by atoms with E-state index in [9.17, 15) is 0 Å². The van der Waals surface area contributed by atoms with Crippen LogP contribution in [0.5, 0.6) is 0 Å². The van der Waals surface area contributed by atoms with Gasteiger partial charge in [0.05, 0.1) is 0 Å². The Balaban J connectivity index is 1.82. The smallest absolute Gasteiger partial charge is 0.00489 e. The first-order valence-electron chi connectivity index (χ1n) is 6.27. The van der Waals surface area contributed by atoms with Crippen molar-refractivity contribution in [3.8, 4) is 0 Å². The molecule has 2 rings (SSSR count). The maximum absolute atomic E-state index is 5.71. The van der Waals surface area contributed by atoms with Gasteiger partial charge in [0.1, 0.15) is 0 Å². The van der Waals surface area contributed by atoms with Gasteiger partial charge < -0.3 is 5.73 Å². The summed E-state index contributed by atoms with van der Waals surface area (Å²) in [7, 11) is 0. The Hall–Kier alpha value is -0.300. The van der Waals surface area contributed by atoms with Crippen molar-refractivity contribution in [1.82, 2.24) is 0 Å². The molecular weight excluding hydrogens is 170 g/mol. The quantitative estimate of drug-likeness (QED) is 0.670. The molecule has 0 radical (unpaired) electrons. The fraction of sp³-hybridized carbons (Fsp3) is 0.846. The van der Waals surface area contributed by atoms with E-state index < -0.39 is 0 Å². The van der Waals surface area contributed by atoms with E-state index in [2.05, 4.69) is 12.2 Å². The fourth-order valence-corrected chi connectivity index (χ4v) is 3.08. The van der Waals surface area contributed by atoms with Crippen molar-refractivity contribution in [3.05, 3.63) is 12.2 Å². The van der Waals surface area contributed by atoms with Crippen LogP contribution in [-0.2, 0) is 0 Å². The van der Waals surface area contributed by atoms with Crippen LogP contribution < -0.4 is 5.73 Å². The van der Waals surface area contributed by atoms with Crippen molar-refractivity contribution in [2.75, 3.05) is 6.54 Å². The maximum atomic E-state index is 5.71. The van der Waals surface area contributed by atoms with E-state index in [-0.39, 0.29) is 0 Å². The van der Waals surface area contributed by atoms with Gasteiger partial charge in [0.2, 0.25) is 0 Å². The summed E-state index contributed by atoms with van der Waals surface area (Å²) in [4.78, 5) is 0. The average Bonchev–Trinajstić information content (AvgIpc) is 2.30. The zero-order valence-electron chi connectivity index (χ0n) is 9.12. The Labute approximate surface area is 87.8 Å². The van der Waals surface area contributed by atoms with Crippen LogP contribution in [0.15, 0.2) is 12.2 Å². The van der Waals surface area contributed by atoms with Gasteiger partial charge in [-0.2, -0.15) is 0 Å². The third-order valence-electron chi connectivity index (χ3n) is 4.12. The summed E-state index contributed by atoms with van der Waals surface area (Å²) in [6, 6.07) is 0. The minimum absolute atomic E-state index is 0.832. The van der Waals surface area contributed by atoms with Crippen molar-refractivity contribution >= 4 is 0 Å². The van der Waals surface area contributed by atoms with Crippen LogP contribution in [0.25, 0.3) is 0 Å². The van der Waals surface area contributed by atoms with Crippen LogP contribution in [-0.4, -0.2) is 6.54 Å². The zero-order valence-corrected chi connectivity index (χ0v) is 9.12. The summed E-state index contributed by atoms with van der Waals surface area (Å²) < 4.78 is 0. The molecule has 0 bridgehead atoms. The Bertz CT molecular complexity index is 189. The molecule has 1 nitrogen and oxygen atoms in total. The molecule has 0 spiro atoms. The Morgan fingerprint density at radius 2 is 1.86 bits per heavy atom. The molecule has 1 heteroatoms. The van der Waals surface area contributed by atoms with Gasteiger partial charge in [0, 0.05) is 0 Å². The number of rotatable bonds is 2. The summed E-state index contributed by atoms with van der Waals surface area (Å²) in [5, 5.41) is 0. The highest BCUT2D eigenvalue weighted by molar-refractivity contribution is 4.96. The lowest BCUT2D eigenvalue weighted by Gasteiger charge is -2.33. The Kier molecular flexibility index (Phi) is 3.63. The van der Waals surface area contributed by atoms with E-state index >= 15 is 0 Å². The molecular formula is C13H23N. The molecule has 2 N–H and O–H groups in total. The van der Waals surface area contributed by atoms with Gasteiger partial charge in [-0.3, -0.25) is 0 Å². The maximum Gasteiger partial charge on any atom is -0.00489 e. The van der Waals surface area contributed by atoms with Gasteiger partial charge in [-0.15, -0.1) is 0 Å². The largest absolute Gasteiger partial charge is 0.330 e. The number of hydrogen-bond donors (Lipinski definition) is 1. The highest BCUT2D eigenvalue weighted by Crippen LogP contribution is 2.37. The summed E-state index contributed by atoms with van der Waals surface area (Å²) in [6.45, 7) is 0.910. The summed E-state index contributed by atoms with van der Waals surface area (Å²) >= 11 is 0. The Morgan fingerprint density at radius 1 is 1.07 bits per heavy atom. The normalized spacial score (nSPS) is 38.5. The molecule has 0 aromatic heterocycles. The number of allylic oxidation sites excluding steroid dienone is 2. The molecule has 1 saturated carbocycles. The van der Waals surface area contributed by atoms with E-state index in [0.717, 1.165) is 24.3 Å². The predicted octanol–water partition coefficient (Wildman–Crippen LogP) is 3.11. The SMILES string of the molecule is NCC1CCC(C2C=CCCC2)CC1. The fourth-order valence-electron chi connectivity index (χ4n) is 3.08. The second-order valence-corrected chi connectivity index (χ2v) is 5.04. The lowest BCUT2D eigenvalue weighted by Crippen LogP contribution is -2.25. The van der Waals surface area contributed by atoms with Gasteiger partial charge in [0.25, 0.3) is 0 Å². The average molecular weight is 193 g/mol. The standard InChI is InChI=1S/C13H23N/c14-10-11-6-8-13(9-7-11)12-4-2-1-3-5-12/h2,4,11-13H,1,3,5-10,14H2. The van der Waals surface area contributed by atoms with E-state index in [4.69, 9.17) is 5.73 Å². The van der Waals surface area contributed by atoms with E-state index in [1.165, 1.54) is 44.9 Å². The lowest BCUT2D eigenvalue weighted by atomic mass is 9.73. The third kappa shape index (κ3) is 2.38. The zero-order chi connectivity index (χ0) is 9.80. The molecule has 2 aliphatic carbocycles. The minimum Gasteiger partial charge on any atom is -0.330 e. The van der Waals surface area contributed by atoms with E-state index in [1.54, 1.807) is 0 Å². The van der Waals surface area contributed by atoms with Crippen LogP contribution in [0, 0.1) is 17.8 Å².